The van der Waals surface area contributed by atoms with Crippen LogP contribution < -0.4 is 5.32 Å². The van der Waals surface area contributed by atoms with Crippen molar-refractivity contribution in [1.82, 2.24) is 5.32 Å². The molecule has 1 atom stereocenters. The maximum Gasteiger partial charge on any atom is 0.0971 e. The number of benzene rings is 1. The third-order valence-electron chi connectivity index (χ3n) is 4.19. The fraction of sp³-hybridized carbons (Fsp3) is 0.600. The molecule has 0 amide bonds. The van der Waals surface area contributed by atoms with Gasteiger partial charge in [0.1, 0.15) is 0 Å². The largest absolute Gasteiger partial charge is 0.385 e. The Hall–Kier alpha value is -0.860. The Labute approximate surface area is 104 Å². The van der Waals surface area contributed by atoms with Crippen LogP contribution in [-0.2, 0) is 12.0 Å². The van der Waals surface area contributed by atoms with Gasteiger partial charge in [-0.3, -0.25) is 0 Å². The molecule has 1 aliphatic rings. The zero-order valence-electron chi connectivity index (χ0n) is 11.1. The quantitative estimate of drug-likeness (QED) is 0.822. The molecule has 0 radical (unpaired) electrons. The molecule has 94 valence electrons. The minimum absolute atomic E-state index is 0.126. The van der Waals surface area contributed by atoms with Gasteiger partial charge < -0.3 is 10.4 Å². The third-order valence-corrected chi connectivity index (χ3v) is 4.19. The Kier molecular flexibility index (Phi) is 3.28. The van der Waals surface area contributed by atoms with Gasteiger partial charge in [-0.25, -0.2) is 0 Å². The van der Waals surface area contributed by atoms with Gasteiger partial charge in [-0.15, -0.1) is 0 Å². The van der Waals surface area contributed by atoms with Crippen molar-refractivity contribution in [2.45, 2.75) is 39.2 Å². The fourth-order valence-electron chi connectivity index (χ4n) is 2.71. The first-order chi connectivity index (χ1) is 7.99. The SMILES string of the molecule is CCc1ccc(C2(O)CCNCC2(C)C)cc1. The van der Waals surface area contributed by atoms with E-state index in [0.717, 1.165) is 31.5 Å². The number of aliphatic hydroxyl groups is 1. The van der Waals surface area contributed by atoms with Crippen molar-refractivity contribution < 1.29 is 5.11 Å². The molecule has 1 aliphatic heterocycles. The van der Waals surface area contributed by atoms with Gasteiger partial charge in [0.05, 0.1) is 5.60 Å². The number of hydrogen-bond acceptors (Lipinski definition) is 2. The smallest absolute Gasteiger partial charge is 0.0971 e. The molecular formula is C15H23NO. The molecule has 2 N–H and O–H groups in total. The molecule has 17 heavy (non-hydrogen) atoms. The molecular weight excluding hydrogens is 210 g/mol. The van der Waals surface area contributed by atoms with Gasteiger partial charge in [0, 0.05) is 12.0 Å². The first-order valence-corrected chi connectivity index (χ1v) is 6.52. The molecule has 0 saturated carbocycles. The van der Waals surface area contributed by atoms with Crippen LogP contribution >= 0.6 is 0 Å². The predicted molar refractivity (Wildman–Crippen MR) is 71.0 cm³/mol. The Balaban J connectivity index is 2.35. The van der Waals surface area contributed by atoms with Crippen molar-refractivity contribution in [3.8, 4) is 0 Å². The van der Waals surface area contributed by atoms with E-state index in [0.29, 0.717) is 0 Å². The summed E-state index contributed by atoms with van der Waals surface area (Å²) in [5.74, 6) is 0. The highest BCUT2D eigenvalue weighted by Crippen LogP contribution is 2.43. The number of rotatable bonds is 2. The van der Waals surface area contributed by atoms with Crippen LogP contribution in [0.1, 0.15) is 38.3 Å². The predicted octanol–water partition coefficient (Wildman–Crippen LogP) is 2.46. The Morgan fingerprint density at radius 3 is 2.41 bits per heavy atom. The minimum Gasteiger partial charge on any atom is -0.385 e. The summed E-state index contributed by atoms with van der Waals surface area (Å²) in [4.78, 5) is 0. The number of piperidine rings is 1. The zero-order valence-corrected chi connectivity index (χ0v) is 11.1. The second-order valence-corrected chi connectivity index (χ2v) is 5.72. The Bertz CT molecular complexity index is 382. The van der Waals surface area contributed by atoms with Crippen LogP contribution in [0.25, 0.3) is 0 Å². The van der Waals surface area contributed by atoms with Crippen LogP contribution in [0.2, 0.25) is 0 Å². The molecule has 0 aliphatic carbocycles. The molecule has 1 saturated heterocycles. The summed E-state index contributed by atoms with van der Waals surface area (Å²) < 4.78 is 0. The Morgan fingerprint density at radius 1 is 1.24 bits per heavy atom. The van der Waals surface area contributed by atoms with Gasteiger partial charge in [-0.2, -0.15) is 0 Å². The average molecular weight is 233 g/mol. The molecule has 2 heteroatoms. The summed E-state index contributed by atoms with van der Waals surface area (Å²) >= 11 is 0. The third kappa shape index (κ3) is 2.12. The van der Waals surface area contributed by atoms with Gasteiger partial charge in [-0.05, 0) is 30.5 Å². The van der Waals surface area contributed by atoms with E-state index in [2.05, 4.69) is 50.4 Å². The zero-order chi connectivity index (χ0) is 12.5. The molecule has 0 aromatic heterocycles. The lowest BCUT2D eigenvalue weighted by atomic mass is 9.67. The maximum absolute atomic E-state index is 11.0. The van der Waals surface area contributed by atoms with E-state index in [1.807, 2.05) is 0 Å². The van der Waals surface area contributed by atoms with Crippen molar-refractivity contribution in [3.63, 3.8) is 0 Å². The number of nitrogens with one attached hydrogen (secondary N) is 1. The topological polar surface area (TPSA) is 32.3 Å². The molecule has 1 fully saturated rings. The average Bonchev–Trinajstić information content (AvgIpc) is 2.33. The van der Waals surface area contributed by atoms with Crippen LogP contribution in [0.3, 0.4) is 0 Å². The standard InChI is InChI=1S/C15H23NO/c1-4-12-5-7-13(8-6-12)15(17)9-10-16-11-14(15,2)3/h5-8,16-17H,4,9-11H2,1-3H3. The monoisotopic (exact) mass is 233 g/mol. The first-order valence-electron chi connectivity index (χ1n) is 6.52. The van der Waals surface area contributed by atoms with Crippen LogP contribution in [0, 0.1) is 5.41 Å². The summed E-state index contributed by atoms with van der Waals surface area (Å²) in [6.45, 7) is 8.16. The molecule has 1 heterocycles. The molecule has 1 unspecified atom stereocenters. The van der Waals surface area contributed by atoms with Crippen LogP contribution in [-0.4, -0.2) is 18.2 Å². The molecule has 0 bridgehead atoms. The first kappa shape index (κ1) is 12.6. The molecule has 2 rings (SSSR count). The highest BCUT2D eigenvalue weighted by molar-refractivity contribution is 5.29. The summed E-state index contributed by atoms with van der Waals surface area (Å²) in [5, 5.41) is 14.4. The normalized spacial score (nSPS) is 28.0. The highest BCUT2D eigenvalue weighted by atomic mass is 16.3. The Morgan fingerprint density at radius 2 is 1.88 bits per heavy atom. The second-order valence-electron chi connectivity index (χ2n) is 5.72. The number of aryl methyl sites for hydroxylation is 1. The van der Waals surface area contributed by atoms with Crippen LogP contribution in [0.5, 0.6) is 0 Å². The van der Waals surface area contributed by atoms with E-state index in [9.17, 15) is 5.11 Å². The van der Waals surface area contributed by atoms with E-state index in [1.165, 1.54) is 5.56 Å². The van der Waals surface area contributed by atoms with Crippen molar-refractivity contribution in [3.05, 3.63) is 35.4 Å². The molecule has 0 spiro atoms. The summed E-state index contributed by atoms with van der Waals surface area (Å²) in [6.07, 6.45) is 1.83. The molecule has 1 aromatic carbocycles. The van der Waals surface area contributed by atoms with Crippen molar-refractivity contribution in [2.24, 2.45) is 5.41 Å². The maximum atomic E-state index is 11.0. The summed E-state index contributed by atoms with van der Waals surface area (Å²) in [6, 6.07) is 8.44. The molecule has 1 aromatic rings. The van der Waals surface area contributed by atoms with Gasteiger partial charge in [0.15, 0.2) is 0 Å². The minimum atomic E-state index is -0.704. The number of hydrogen-bond donors (Lipinski definition) is 2. The summed E-state index contributed by atoms with van der Waals surface area (Å²) in [5.41, 5.74) is 1.55. The summed E-state index contributed by atoms with van der Waals surface area (Å²) in [7, 11) is 0. The van der Waals surface area contributed by atoms with Gasteiger partial charge in [0.2, 0.25) is 0 Å². The molecule has 2 nitrogen and oxygen atoms in total. The van der Waals surface area contributed by atoms with Gasteiger partial charge in [-0.1, -0.05) is 45.0 Å². The van der Waals surface area contributed by atoms with Crippen LogP contribution in [0.15, 0.2) is 24.3 Å². The van der Waals surface area contributed by atoms with Crippen molar-refractivity contribution in [1.29, 1.82) is 0 Å². The van der Waals surface area contributed by atoms with E-state index in [4.69, 9.17) is 0 Å². The lowest BCUT2D eigenvalue weighted by Crippen LogP contribution is -2.53. The lowest BCUT2D eigenvalue weighted by Gasteiger charge is -2.47. The lowest BCUT2D eigenvalue weighted by molar-refractivity contribution is -0.0944. The van der Waals surface area contributed by atoms with Crippen molar-refractivity contribution >= 4 is 0 Å². The second kappa shape index (κ2) is 4.43. The highest BCUT2D eigenvalue weighted by Gasteiger charge is 2.46. The van der Waals surface area contributed by atoms with Gasteiger partial charge >= 0.3 is 0 Å². The van der Waals surface area contributed by atoms with E-state index in [-0.39, 0.29) is 5.41 Å². The van der Waals surface area contributed by atoms with E-state index >= 15 is 0 Å². The van der Waals surface area contributed by atoms with Crippen molar-refractivity contribution in [2.75, 3.05) is 13.1 Å². The van der Waals surface area contributed by atoms with E-state index in [1.54, 1.807) is 0 Å². The fourth-order valence-corrected chi connectivity index (χ4v) is 2.71. The van der Waals surface area contributed by atoms with E-state index < -0.39 is 5.60 Å². The van der Waals surface area contributed by atoms with Crippen LogP contribution in [0.4, 0.5) is 0 Å². The van der Waals surface area contributed by atoms with Gasteiger partial charge in [0.25, 0.3) is 0 Å².